The number of hydrogen-bond acceptors (Lipinski definition) is 5. The number of aliphatic hydroxyl groups excluding tert-OH is 2. The van der Waals surface area contributed by atoms with Crippen LogP contribution < -0.4 is 5.32 Å². The average Bonchev–Trinajstić information content (AvgIpc) is 2.23. The molecule has 2 unspecified atom stereocenters. The zero-order chi connectivity index (χ0) is 15.3. The van der Waals surface area contributed by atoms with E-state index in [0.717, 1.165) is 0 Å². The van der Waals surface area contributed by atoms with E-state index >= 15 is 0 Å². The summed E-state index contributed by atoms with van der Waals surface area (Å²) in [4.78, 5) is 19.8. The maximum atomic E-state index is 9.90. The van der Waals surface area contributed by atoms with E-state index in [0.29, 0.717) is 25.9 Å². The van der Waals surface area contributed by atoms with Crippen molar-refractivity contribution in [1.82, 2.24) is 5.32 Å². The lowest BCUT2D eigenvalue weighted by atomic mass is 10.2. The van der Waals surface area contributed by atoms with Crippen molar-refractivity contribution in [1.29, 1.82) is 0 Å². The fourth-order valence-electron chi connectivity index (χ4n) is 1.05. The largest absolute Gasteiger partial charge is 0.481 e. The normalized spacial score (nSPS) is 13.1. The molecule has 7 nitrogen and oxygen atoms in total. The first kappa shape index (κ1) is 20.1. The number of rotatable bonds is 9. The minimum absolute atomic E-state index is 0.0628. The average molecular weight is 279 g/mol. The fourth-order valence-corrected chi connectivity index (χ4v) is 1.05. The number of unbranched alkanes of at least 4 members (excludes halogenated alkanes) is 1. The third kappa shape index (κ3) is 26.4. The molecule has 0 aliphatic heterocycles. The predicted octanol–water partition coefficient (Wildman–Crippen LogP) is 0.0536. The van der Waals surface area contributed by atoms with E-state index in [2.05, 4.69) is 5.32 Å². The molecule has 0 aliphatic carbocycles. The Morgan fingerprint density at radius 3 is 1.42 bits per heavy atom. The van der Waals surface area contributed by atoms with Crippen molar-refractivity contribution >= 4 is 11.9 Å². The Morgan fingerprint density at radius 2 is 1.21 bits per heavy atom. The summed E-state index contributed by atoms with van der Waals surface area (Å²) in [5, 5.41) is 36.6. The second-order valence-corrected chi connectivity index (χ2v) is 4.35. The SMILES string of the molecule is CC(O)CNCC(C)O.O=C(O)CCCCC(=O)O. The number of carboxylic acid groups (broad SMARTS) is 2. The quantitative estimate of drug-likeness (QED) is 0.377. The Bertz CT molecular complexity index is 218. The van der Waals surface area contributed by atoms with Crippen molar-refractivity contribution in [2.45, 2.75) is 51.7 Å². The van der Waals surface area contributed by atoms with Crippen molar-refractivity contribution < 1.29 is 30.0 Å². The highest BCUT2D eigenvalue weighted by Crippen LogP contribution is 1.98. The summed E-state index contributed by atoms with van der Waals surface area (Å²) in [5.41, 5.74) is 0. The van der Waals surface area contributed by atoms with E-state index < -0.39 is 11.9 Å². The third-order valence-corrected chi connectivity index (χ3v) is 1.91. The molecule has 0 heterocycles. The molecule has 0 spiro atoms. The molecule has 19 heavy (non-hydrogen) atoms. The molecule has 0 aliphatic rings. The lowest BCUT2D eigenvalue weighted by Gasteiger charge is -2.07. The monoisotopic (exact) mass is 279 g/mol. The van der Waals surface area contributed by atoms with Gasteiger partial charge < -0.3 is 25.7 Å². The van der Waals surface area contributed by atoms with Gasteiger partial charge in [0.15, 0.2) is 0 Å². The number of aliphatic hydroxyl groups is 2. The van der Waals surface area contributed by atoms with Gasteiger partial charge in [-0.25, -0.2) is 0 Å². The smallest absolute Gasteiger partial charge is 0.303 e. The van der Waals surface area contributed by atoms with Gasteiger partial charge in [0.1, 0.15) is 0 Å². The fraction of sp³-hybridized carbons (Fsp3) is 0.833. The van der Waals surface area contributed by atoms with Gasteiger partial charge in [-0.1, -0.05) is 0 Å². The van der Waals surface area contributed by atoms with Crippen molar-refractivity contribution in [2.75, 3.05) is 13.1 Å². The first-order chi connectivity index (χ1) is 8.75. The highest BCUT2D eigenvalue weighted by Gasteiger charge is 1.99. The molecule has 114 valence electrons. The van der Waals surface area contributed by atoms with Crippen LogP contribution >= 0.6 is 0 Å². The topological polar surface area (TPSA) is 127 Å². The van der Waals surface area contributed by atoms with Gasteiger partial charge in [0, 0.05) is 25.9 Å². The van der Waals surface area contributed by atoms with Crippen LogP contribution in [0.3, 0.4) is 0 Å². The van der Waals surface area contributed by atoms with E-state index in [-0.39, 0.29) is 25.0 Å². The lowest BCUT2D eigenvalue weighted by molar-refractivity contribution is -0.139. The zero-order valence-corrected chi connectivity index (χ0v) is 11.5. The minimum atomic E-state index is -0.870. The molecule has 5 N–H and O–H groups in total. The van der Waals surface area contributed by atoms with Crippen LogP contribution in [0.1, 0.15) is 39.5 Å². The molecule has 0 radical (unpaired) electrons. The second kappa shape index (κ2) is 13.3. The molecule has 0 saturated carbocycles. The van der Waals surface area contributed by atoms with Crippen LogP contribution in [0.4, 0.5) is 0 Å². The zero-order valence-electron chi connectivity index (χ0n) is 11.5. The first-order valence-corrected chi connectivity index (χ1v) is 6.26. The van der Waals surface area contributed by atoms with Gasteiger partial charge in [0.2, 0.25) is 0 Å². The van der Waals surface area contributed by atoms with Gasteiger partial charge in [-0.15, -0.1) is 0 Å². The molecule has 0 bridgehead atoms. The molecule has 0 amide bonds. The second-order valence-electron chi connectivity index (χ2n) is 4.35. The maximum Gasteiger partial charge on any atom is 0.303 e. The number of carboxylic acids is 2. The molecule has 0 aromatic rings. The van der Waals surface area contributed by atoms with E-state index in [1.165, 1.54) is 0 Å². The highest BCUT2D eigenvalue weighted by molar-refractivity contribution is 5.67. The Kier molecular flexibility index (Phi) is 14.1. The third-order valence-electron chi connectivity index (χ3n) is 1.91. The summed E-state index contributed by atoms with van der Waals surface area (Å²) in [7, 11) is 0. The Hall–Kier alpha value is -1.18. The van der Waals surface area contributed by atoms with E-state index in [9.17, 15) is 9.59 Å². The summed E-state index contributed by atoms with van der Waals surface area (Å²) in [5.74, 6) is -1.74. The Morgan fingerprint density at radius 1 is 0.895 bits per heavy atom. The molecule has 7 heteroatoms. The van der Waals surface area contributed by atoms with Gasteiger partial charge in [0.25, 0.3) is 0 Å². The van der Waals surface area contributed by atoms with Crippen LogP contribution in [-0.4, -0.2) is 57.7 Å². The van der Waals surface area contributed by atoms with Crippen molar-refractivity contribution in [2.24, 2.45) is 0 Å². The molecule has 2 atom stereocenters. The Labute approximate surface area is 113 Å². The van der Waals surface area contributed by atoms with Crippen LogP contribution in [0.15, 0.2) is 0 Å². The minimum Gasteiger partial charge on any atom is -0.481 e. The van der Waals surface area contributed by atoms with Crippen LogP contribution in [0.5, 0.6) is 0 Å². The van der Waals surface area contributed by atoms with Crippen molar-refractivity contribution in [3.63, 3.8) is 0 Å². The van der Waals surface area contributed by atoms with Crippen LogP contribution in [0, 0.1) is 0 Å². The van der Waals surface area contributed by atoms with Gasteiger partial charge >= 0.3 is 11.9 Å². The molecule has 0 aromatic carbocycles. The van der Waals surface area contributed by atoms with Crippen LogP contribution in [0.25, 0.3) is 0 Å². The molecule has 0 saturated heterocycles. The summed E-state index contributed by atoms with van der Waals surface area (Å²) in [6, 6.07) is 0. The standard InChI is InChI=1S/C6H15NO2.C6H10O4/c1-5(8)3-7-4-6(2)9;7-5(8)3-1-2-4-6(9)10/h5-9H,3-4H2,1-2H3;1-4H2,(H,7,8)(H,9,10). The highest BCUT2D eigenvalue weighted by atomic mass is 16.4. The van der Waals surface area contributed by atoms with Gasteiger partial charge in [-0.05, 0) is 26.7 Å². The maximum absolute atomic E-state index is 9.90. The summed E-state index contributed by atoms with van der Waals surface area (Å²) < 4.78 is 0. The number of nitrogens with one attached hydrogen (secondary N) is 1. The van der Waals surface area contributed by atoms with Crippen LogP contribution in [-0.2, 0) is 9.59 Å². The van der Waals surface area contributed by atoms with E-state index in [1.54, 1.807) is 13.8 Å². The molecule has 0 rings (SSSR count). The number of aliphatic carboxylic acids is 2. The van der Waals surface area contributed by atoms with E-state index in [4.69, 9.17) is 20.4 Å². The predicted molar refractivity (Wildman–Crippen MR) is 70.0 cm³/mol. The van der Waals surface area contributed by atoms with Crippen molar-refractivity contribution in [3.8, 4) is 0 Å². The van der Waals surface area contributed by atoms with Gasteiger partial charge in [-0.3, -0.25) is 9.59 Å². The molecule has 0 aromatic heterocycles. The lowest BCUT2D eigenvalue weighted by Crippen LogP contribution is -2.30. The van der Waals surface area contributed by atoms with E-state index in [1.807, 2.05) is 0 Å². The van der Waals surface area contributed by atoms with Crippen molar-refractivity contribution in [3.05, 3.63) is 0 Å². The van der Waals surface area contributed by atoms with Gasteiger partial charge in [0.05, 0.1) is 12.2 Å². The first-order valence-electron chi connectivity index (χ1n) is 6.26. The molecular formula is C12H25NO6. The summed E-state index contributed by atoms with van der Waals surface area (Å²) >= 11 is 0. The van der Waals surface area contributed by atoms with Gasteiger partial charge in [-0.2, -0.15) is 0 Å². The summed E-state index contributed by atoms with van der Waals surface area (Å²) in [6.07, 6.45) is 0.358. The summed E-state index contributed by atoms with van der Waals surface area (Å²) in [6.45, 7) is 4.50. The number of hydrogen-bond donors (Lipinski definition) is 5. The molecular weight excluding hydrogens is 254 g/mol. The Balaban J connectivity index is 0. The van der Waals surface area contributed by atoms with Crippen LogP contribution in [0.2, 0.25) is 0 Å². The number of carbonyl (C=O) groups is 2. The molecule has 0 fully saturated rings.